The number of ether oxygens (including phenoxy) is 2. The normalized spacial score (nSPS) is 20.5. The highest BCUT2D eigenvalue weighted by Gasteiger charge is 2.40. The Morgan fingerprint density at radius 1 is 0.710 bits per heavy atom. The molecule has 0 radical (unpaired) electrons. The third-order valence-electron chi connectivity index (χ3n) is 12.0. The van der Waals surface area contributed by atoms with Gasteiger partial charge in [0.25, 0.3) is 0 Å². The van der Waals surface area contributed by atoms with Gasteiger partial charge in [0.1, 0.15) is 25.3 Å². The van der Waals surface area contributed by atoms with E-state index in [1.54, 1.807) is 26.1 Å². The van der Waals surface area contributed by atoms with Crippen molar-refractivity contribution >= 4 is 72.0 Å². The molecule has 368 valence electrons. The number of nitrogens with one attached hydrogen (secondary N) is 4. The van der Waals surface area contributed by atoms with Crippen LogP contribution in [0.5, 0.6) is 0 Å². The molecule has 0 bridgehead atoms. The van der Waals surface area contributed by atoms with Gasteiger partial charge in [-0.05, 0) is 139 Å². The van der Waals surface area contributed by atoms with E-state index < -0.39 is 18.2 Å². The van der Waals surface area contributed by atoms with Crippen LogP contribution in [0.3, 0.4) is 0 Å². The second-order valence-corrected chi connectivity index (χ2v) is 18.6. The monoisotopic (exact) mass is 1020 g/mol. The van der Waals surface area contributed by atoms with Gasteiger partial charge in [-0.2, -0.15) is 0 Å². The molecule has 4 amide bonds. The lowest BCUT2D eigenvalue weighted by molar-refractivity contribution is -0.142. The Balaban J connectivity index is 0.00000391. The van der Waals surface area contributed by atoms with E-state index in [-0.39, 0.29) is 92.4 Å². The molecule has 4 aromatic rings. The zero-order valence-corrected chi connectivity index (χ0v) is 41.2. The van der Waals surface area contributed by atoms with Gasteiger partial charge in [-0.3, -0.25) is 19.2 Å². The van der Waals surface area contributed by atoms with Crippen molar-refractivity contribution < 1.29 is 28.7 Å². The Morgan fingerprint density at radius 2 is 1.20 bits per heavy atom. The maximum Gasteiger partial charge on any atom is 0.248 e. The summed E-state index contributed by atoms with van der Waals surface area (Å²) in [5, 5.41) is 37.9. The van der Waals surface area contributed by atoms with Crippen molar-refractivity contribution in [3.8, 4) is 23.7 Å². The minimum atomic E-state index is -0.952. The molecule has 20 nitrogen and oxygen atoms in total. The number of carbonyl (C=O) groups is 4. The summed E-state index contributed by atoms with van der Waals surface area (Å²) in [6.07, 6.45) is 3.80. The molecule has 4 saturated heterocycles. The van der Waals surface area contributed by atoms with Crippen LogP contribution in [0.4, 0.5) is 0 Å². The number of tetrazole rings is 2. The fourth-order valence-corrected chi connectivity index (χ4v) is 9.72. The number of rotatable bonds is 20. The number of amides is 4. The van der Waals surface area contributed by atoms with Crippen LogP contribution in [0.2, 0.25) is 0 Å². The predicted molar refractivity (Wildman–Crippen MR) is 259 cm³/mol. The summed E-state index contributed by atoms with van der Waals surface area (Å²) >= 11 is 2.90. The quantitative estimate of drug-likeness (QED) is 0.0729. The maximum absolute atomic E-state index is 14.2. The first kappa shape index (κ1) is 53.1. The lowest BCUT2D eigenvalue weighted by Gasteiger charge is -2.34. The summed E-state index contributed by atoms with van der Waals surface area (Å²) in [4.78, 5) is 60.1. The Kier molecular flexibility index (Phi) is 20.5. The molecule has 8 rings (SSSR count). The van der Waals surface area contributed by atoms with Crippen molar-refractivity contribution in [3.05, 3.63) is 60.7 Å². The SMILES string of the molecule is C[C@@H](OCC#CC#CCOC[C@@H](NC(=O)[C@H]1CCN1)C(=O)N1CCC[C@@H]1Cn1nnnc1Sc1ccccc1)[C@H](NC(=O)[C@H]1CCN1)C(=O)N1CCC[C@H]1Cn1nnnc1Sc1ccccc1.Cl.Cl. The highest BCUT2D eigenvalue weighted by atomic mass is 35.5. The molecule has 0 spiro atoms. The number of hydrogen-bond acceptors (Lipinski definition) is 16. The summed E-state index contributed by atoms with van der Waals surface area (Å²) in [7, 11) is 0. The van der Waals surface area contributed by atoms with Crippen LogP contribution in [0.15, 0.2) is 80.8 Å². The molecule has 4 aliphatic rings. The van der Waals surface area contributed by atoms with Crippen molar-refractivity contribution in [3.63, 3.8) is 0 Å². The lowest BCUT2D eigenvalue weighted by Crippen LogP contribution is -2.61. The summed E-state index contributed by atoms with van der Waals surface area (Å²) in [6.45, 7) is 4.94. The minimum absolute atomic E-state index is 0. The van der Waals surface area contributed by atoms with Gasteiger partial charge in [0, 0.05) is 22.9 Å². The standard InChI is InChI=1S/C45H54N14O6S2.2ClH/c1-31(39(49-41(61)37-21-23-47-37)43(63)57-25-13-15-33(57)29-59-45(51-53-55-59)67-35-18-8-5-9-19-35)65-27-11-3-2-10-26-64-30-38(48-40(60)36-20-22-46-36)42(62)56-24-12-14-32(56)28-58-44(50-52-54-58)66-34-16-6-4-7-17-34;;/h4-9,16-19,31-33,36-39,46-47H,12-15,20-30H2,1H3,(H,48,60)(H,49,61);2*1H/t31-,32-,33+,36-,37-,38-,39+;;/m1../s1. The summed E-state index contributed by atoms with van der Waals surface area (Å²) in [5.74, 6) is 10.2. The number of aromatic nitrogens is 8. The maximum atomic E-state index is 14.2. The molecule has 0 unspecified atom stereocenters. The predicted octanol–water partition coefficient (Wildman–Crippen LogP) is 1.61. The van der Waals surface area contributed by atoms with Gasteiger partial charge in [0.2, 0.25) is 33.9 Å². The smallest absolute Gasteiger partial charge is 0.248 e. The number of halogens is 2. The molecule has 0 saturated carbocycles. The first-order valence-corrected chi connectivity index (χ1v) is 24.3. The van der Waals surface area contributed by atoms with Crippen LogP contribution in [0.1, 0.15) is 45.4 Å². The average molecular weight is 1020 g/mol. The van der Waals surface area contributed by atoms with Gasteiger partial charge in [0.05, 0.1) is 50.0 Å². The van der Waals surface area contributed by atoms with E-state index >= 15 is 0 Å². The third kappa shape index (κ3) is 14.4. The highest BCUT2D eigenvalue weighted by Crippen LogP contribution is 2.29. The van der Waals surface area contributed by atoms with Crippen LogP contribution in [0.25, 0.3) is 0 Å². The fourth-order valence-electron chi connectivity index (χ4n) is 8.13. The minimum Gasteiger partial charge on any atom is -0.366 e. The van der Waals surface area contributed by atoms with Gasteiger partial charge in [0.15, 0.2) is 0 Å². The zero-order valence-electron chi connectivity index (χ0n) is 38.0. The molecule has 4 N–H and O–H groups in total. The van der Waals surface area contributed by atoms with Crippen molar-refractivity contribution in [2.24, 2.45) is 0 Å². The summed E-state index contributed by atoms with van der Waals surface area (Å²) < 4.78 is 15.3. The van der Waals surface area contributed by atoms with E-state index in [2.05, 4.69) is 76.0 Å². The molecule has 2 aromatic carbocycles. The average Bonchev–Trinajstić information content (AvgIpc) is 4.14. The first-order chi connectivity index (χ1) is 32.8. The number of hydrogen-bond donors (Lipinski definition) is 4. The molecule has 7 atom stereocenters. The van der Waals surface area contributed by atoms with Gasteiger partial charge < -0.3 is 40.5 Å². The van der Waals surface area contributed by atoms with Crippen molar-refractivity contribution in [1.82, 2.24) is 71.5 Å². The number of likely N-dealkylation sites (tertiary alicyclic amines) is 2. The largest absolute Gasteiger partial charge is 0.366 e. The Bertz CT molecular complexity index is 2440. The van der Waals surface area contributed by atoms with Crippen LogP contribution in [-0.2, 0) is 41.7 Å². The topological polar surface area (TPSA) is 229 Å². The number of benzene rings is 2. The third-order valence-corrected chi connectivity index (χ3v) is 14.0. The van der Waals surface area contributed by atoms with Crippen LogP contribution in [0, 0.1) is 23.7 Å². The molecule has 6 heterocycles. The molecule has 69 heavy (non-hydrogen) atoms. The molecule has 0 aliphatic carbocycles. The molecule has 2 aromatic heterocycles. The molecular weight excluding hydrogens is 968 g/mol. The summed E-state index contributed by atoms with van der Waals surface area (Å²) in [6, 6.07) is 16.7. The van der Waals surface area contributed by atoms with Crippen LogP contribution >= 0.6 is 48.3 Å². The van der Waals surface area contributed by atoms with Gasteiger partial charge in [-0.1, -0.05) is 48.2 Å². The first-order valence-electron chi connectivity index (χ1n) is 22.6. The van der Waals surface area contributed by atoms with Gasteiger partial charge >= 0.3 is 0 Å². The Hall–Kier alpha value is -5.30. The molecule has 4 fully saturated rings. The van der Waals surface area contributed by atoms with E-state index in [9.17, 15) is 19.2 Å². The Morgan fingerprint density at radius 3 is 1.71 bits per heavy atom. The molecule has 4 aliphatic heterocycles. The molecular formula is C45H56Cl2N14O6S2. The van der Waals surface area contributed by atoms with Gasteiger partial charge in [-0.15, -0.1) is 35.0 Å². The van der Waals surface area contributed by atoms with Crippen molar-refractivity contribution in [2.75, 3.05) is 46.0 Å². The van der Waals surface area contributed by atoms with Crippen LogP contribution in [-0.4, -0.2) is 162 Å². The second kappa shape index (κ2) is 26.6. The van der Waals surface area contributed by atoms with E-state index in [4.69, 9.17) is 9.47 Å². The van der Waals surface area contributed by atoms with Gasteiger partial charge in [-0.25, -0.2) is 9.36 Å². The zero-order chi connectivity index (χ0) is 46.4. The van der Waals surface area contributed by atoms with E-state index in [1.807, 2.05) is 60.7 Å². The van der Waals surface area contributed by atoms with E-state index in [1.165, 1.54) is 23.5 Å². The lowest BCUT2D eigenvalue weighted by atomic mass is 10.0. The number of nitrogens with zero attached hydrogens (tertiary/aromatic N) is 10. The second-order valence-electron chi connectivity index (χ2n) is 16.5. The highest BCUT2D eigenvalue weighted by molar-refractivity contribution is 7.99. The number of carbonyl (C=O) groups excluding carboxylic acids is 4. The van der Waals surface area contributed by atoms with E-state index in [0.717, 1.165) is 48.6 Å². The van der Waals surface area contributed by atoms with Crippen molar-refractivity contribution in [1.29, 1.82) is 0 Å². The molecule has 24 heteroatoms. The van der Waals surface area contributed by atoms with Crippen molar-refractivity contribution in [2.45, 2.75) is 121 Å². The Labute approximate surface area is 421 Å². The fraction of sp³-hybridized carbons (Fsp3) is 0.511. The van der Waals surface area contributed by atoms with E-state index in [0.29, 0.717) is 49.3 Å². The van der Waals surface area contributed by atoms with Crippen LogP contribution < -0.4 is 21.3 Å². The summed E-state index contributed by atoms with van der Waals surface area (Å²) in [5.41, 5.74) is 0.